The van der Waals surface area contributed by atoms with Crippen molar-refractivity contribution in [2.24, 2.45) is 0 Å². The molecule has 1 aliphatic heterocycles. The number of nitrogens with one attached hydrogen (secondary N) is 1. The molecular formula is C26H22N4O4S2. The Morgan fingerprint density at radius 1 is 0.972 bits per heavy atom. The number of anilines is 1. The van der Waals surface area contributed by atoms with Crippen LogP contribution in [0.2, 0.25) is 0 Å². The minimum atomic E-state index is -4.11. The highest BCUT2D eigenvalue weighted by molar-refractivity contribution is 7.89. The summed E-state index contributed by atoms with van der Waals surface area (Å²) >= 11 is 1.25. The Bertz CT molecular complexity index is 1510. The van der Waals surface area contributed by atoms with E-state index in [1.54, 1.807) is 0 Å². The number of amides is 2. The van der Waals surface area contributed by atoms with Gasteiger partial charge in [-0.3, -0.25) is 14.9 Å². The van der Waals surface area contributed by atoms with Crippen molar-refractivity contribution in [2.45, 2.75) is 23.7 Å². The largest absolute Gasteiger partial charge is 0.296 e. The highest BCUT2D eigenvalue weighted by atomic mass is 32.2. The minimum Gasteiger partial charge on any atom is -0.296 e. The molecule has 8 nitrogen and oxygen atoms in total. The summed E-state index contributed by atoms with van der Waals surface area (Å²) in [5.41, 5.74) is 2.14. The molecule has 5 rings (SSSR count). The number of benzene rings is 3. The predicted molar refractivity (Wildman–Crippen MR) is 136 cm³/mol. The Hall–Kier alpha value is -3.89. The first-order valence-electron chi connectivity index (χ1n) is 11.3. The van der Waals surface area contributed by atoms with E-state index >= 15 is 0 Å². The number of carbonyl (C=O) groups is 2. The Labute approximate surface area is 212 Å². The summed E-state index contributed by atoms with van der Waals surface area (Å²) in [4.78, 5) is 25.3. The van der Waals surface area contributed by atoms with Crippen molar-refractivity contribution in [3.05, 3.63) is 107 Å². The number of nitrogens with zero attached hydrogens (tertiary/aromatic N) is 3. The first-order valence-corrected chi connectivity index (χ1v) is 13.5. The monoisotopic (exact) mass is 518 g/mol. The first kappa shape index (κ1) is 23.8. The summed E-state index contributed by atoms with van der Waals surface area (Å²) < 4.78 is 27.5. The molecule has 1 fully saturated rings. The summed E-state index contributed by atoms with van der Waals surface area (Å²) in [7, 11) is -4.11. The fraction of sp³-hybridized carbons (Fsp3) is 0.154. The van der Waals surface area contributed by atoms with E-state index in [1.165, 1.54) is 35.6 Å². The average molecular weight is 519 g/mol. The van der Waals surface area contributed by atoms with Crippen LogP contribution in [0.3, 0.4) is 0 Å². The number of rotatable bonds is 7. The van der Waals surface area contributed by atoms with Gasteiger partial charge >= 0.3 is 0 Å². The van der Waals surface area contributed by atoms with Crippen molar-refractivity contribution in [3.8, 4) is 0 Å². The van der Waals surface area contributed by atoms with E-state index in [0.29, 0.717) is 11.6 Å². The Balaban J connectivity index is 1.30. The molecule has 182 valence electrons. The lowest BCUT2D eigenvalue weighted by atomic mass is 9.99. The van der Waals surface area contributed by atoms with Gasteiger partial charge in [-0.2, -0.15) is 0 Å². The third kappa shape index (κ3) is 5.05. The second-order valence-corrected chi connectivity index (χ2v) is 11.3. The number of sulfonamides is 1. The molecule has 1 N–H and O–H groups in total. The first-order chi connectivity index (χ1) is 17.4. The van der Waals surface area contributed by atoms with Crippen molar-refractivity contribution in [3.63, 3.8) is 0 Å². The minimum absolute atomic E-state index is 0.0661. The lowest BCUT2D eigenvalue weighted by molar-refractivity contribution is -0.123. The lowest BCUT2D eigenvalue weighted by Gasteiger charge is -2.17. The molecular weight excluding hydrogens is 496 g/mol. The molecule has 0 saturated carbocycles. The van der Waals surface area contributed by atoms with Crippen LogP contribution in [0.4, 0.5) is 5.13 Å². The summed E-state index contributed by atoms with van der Waals surface area (Å²) in [5, 5.41) is 11.9. The lowest BCUT2D eigenvalue weighted by Crippen LogP contribution is -2.32. The smallest absolute Gasteiger partial charge is 0.266 e. The molecule has 2 amide bonds. The molecule has 0 unspecified atom stereocenters. The standard InChI is InChI=1S/C26H22N4O4S2/c31-24-16-21(19-10-5-2-6-11-19)17-30(24)36(33,34)22-13-7-12-20(15-22)25(32)27-26-29-28-23(35-26)14-18-8-3-1-4-9-18/h1-13,15,21H,14,16-17H2,(H,27,29,32)/t21-/m0/s1. The van der Waals surface area contributed by atoms with Gasteiger partial charge in [-0.1, -0.05) is 78.1 Å². The van der Waals surface area contributed by atoms with E-state index < -0.39 is 21.8 Å². The van der Waals surface area contributed by atoms with Crippen molar-refractivity contribution in [1.82, 2.24) is 14.5 Å². The number of hydrogen-bond acceptors (Lipinski definition) is 7. The maximum atomic E-state index is 13.3. The van der Waals surface area contributed by atoms with Gasteiger partial charge in [-0.15, -0.1) is 10.2 Å². The van der Waals surface area contributed by atoms with E-state index in [2.05, 4.69) is 15.5 Å². The molecule has 2 heterocycles. The van der Waals surface area contributed by atoms with Crippen LogP contribution in [-0.2, 0) is 21.2 Å². The van der Waals surface area contributed by atoms with E-state index in [4.69, 9.17) is 0 Å². The molecule has 36 heavy (non-hydrogen) atoms. The van der Waals surface area contributed by atoms with Gasteiger partial charge in [0, 0.05) is 30.9 Å². The van der Waals surface area contributed by atoms with Gasteiger partial charge < -0.3 is 0 Å². The fourth-order valence-corrected chi connectivity index (χ4v) is 6.37. The Morgan fingerprint density at radius 3 is 2.44 bits per heavy atom. The van der Waals surface area contributed by atoms with Gasteiger partial charge in [0.2, 0.25) is 11.0 Å². The van der Waals surface area contributed by atoms with Crippen LogP contribution in [0.5, 0.6) is 0 Å². The predicted octanol–water partition coefficient (Wildman–Crippen LogP) is 4.09. The van der Waals surface area contributed by atoms with Crippen LogP contribution >= 0.6 is 11.3 Å². The number of hydrogen-bond donors (Lipinski definition) is 1. The quantitative estimate of drug-likeness (QED) is 0.395. The molecule has 3 aromatic carbocycles. The van der Waals surface area contributed by atoms with Crippen molar-refractivity contribution in [1.29, 1.82) is 0 Å². The van der Waals surface area contributed by atoms with E-state index in [0.717, 1.165) is 20.4 Å². The summed E-state index contributed by atoms with van der Waals surface area (Å²) in [6.07, 6.45) is 0.710. The third-order valence-corrected chi connectivity index (χ3v) is 8.55. The van der Waals surface area contributed by atoms with Crippen molar-refractivity contribution >= 4 is 38.3 Å². The zero-order chi connectivity index (χ0) is 25.1. The summed E-state index contributed by atoms with van der Waals surface area (Å²) in [5.74, 6) is -1.18. The highest BCUT2D eigenvalue weighted by Crippen LogP contribution is 2.32. The molecule has 4 aromatic rings. The van der Waals surface area contributed by atoms with Crippen molar-refractivity contribution < 1.29 is 18.0 Å². The molecule has 10 heteroatoms. The molecule has 1 aliphatic rings. The van der Waals surface area contributed by atoms with Crippen LogP contribution in [0.25, 0.3) is 0 Å². The topological polar surface area (TPSA) is 109 Å². The van der Waals surface area contributed by atoms with Gasteiger partial charge in [-0.25, -0.2) is 12.7 Å². The van der Waals surface area contributed by atoms with E-state index in [-0.39, 0.29) is 29.3 Å². The van der Waals surface area contributed by atoms with Crippen LogP contribution in [-0.4, -0.2) is 41.3 Å². The maximum absolute atomic E-state index is 13.3. The van der Waals surface area contributed by atoms with Gasteiger partial charge in [0.25, 0.3) is 15.9 Å². The SMILES string of the molecule is O=C(Nc1nnc(Cc2ccccc2)s1)c1cccc(S(=O)(=O)N2C[C@@H](c3ccccc3)CC2=O)c1. The zero-order valence-electron chi connectivity index (χ0n) is 19.1. The van der Waals surface area contributed by atoms with Gasteiger partial charge in [-0.05, 0) is 29.3 Å². The highest BCUT2D eigenvalue weighted by Gasteiger charge is 2.39. The second kappa shape index (κ2) is 10.00. The van der Waals surface area contributed by atoms with Gasteiger partial charge in [0.15, 0.2) is 0 Å². The molecule has 1 atom stereocenters. The number of carbonyl (C=O) groups excluding carboxylic acids is 2. The molecule has 0 spiro atoms. The summed E-state index contributed by atoms with van der Waals surface area (Å²) in [6, 6.07) is 24.8. The normalized spacial score (nSPS) is 15.7. The third-order valence-electron chi connectivity index (χ3n) is 5.93. The zero-order valence-corrected chi connectivity index (χ0v) is 20.7. The second-order valence-electron chi connectivity index (χ2n) is 8.39. The van der Waals surface area contributed by atoms with Crippen LogP contribution < -0.4 is 5.32 Å². The van der Waals surface area contributed by atoms with Gasteiger partial charge in [0.1, 0.15) is 5.01 Å². The van der Waals surface area contributed by atoms with E-state index in [1.807, 2.05) is 60.7 Å². The Morgan fingerprint density at radius 2 is 1.69 bits per heavy atom. The van der Waals surface area contributed by atoms with E-state index in [9.17, 15) is 18.0 Å². The number of aromatic nitrogens is 2. The summed E-state index contributed by atoms with van der Waals surface area (Å²) in [6.45, 7) is 0.0661. The molecule has 1 aromatic heterocycles. The maximum Gasteiger partial charge on any atom is 0.266 e. The van der Waals surface area contributed by atoms with Gasteiger partial charge in [0.05, 0.1) is 4.90 Å². The van der Waals surface area contributed by atoms with Crippen molar-refractivity contribution in [2.75, 3.05) is 11.9 Å². The van der Waals surface area contributed by atoms with Crippen LogP contribution in [0.1, 0.15) is 38.8 Å². The fourth-order valence-electron chi connectivity index (χ4n) is 4.10. The van der Waals surface area contributed by atoms with Crippen LogP contribution in [0.15, 0.2) is 89.8 Å². The van der Waals surface area contributed by atoms with Crippen LogP contribution in [0, 0.1) is 0 Å². The molecule has 0 bridgehead atoms. The Kier molecular flexibility index (Phi) is 6.62. The average Bonchev–Trinajstić information content (AvgIpc) is 3.51. The molecule has 1 saturated heterocycles. The molecule has 0 aliphatic carbocycles. The molecule has 0 radical (unpaired) electrons.